The second kappa shape index (κ2) is 7.50. The summed E-state index contributed by atoms with van der Waals surface area (Å²) in [6.07, 6.45) is 1.63. The van der Waals surface area contributed by atoms with Crippen LogP contribution in [0, 0.1) is 0 Å². The van der Waals surface area contributed by atoms with E-state index in [0.29, 0.717) is 5.56 Å². The van der Waals surface area contributed by atoms with Crippen molar-refractivity contribution < 1.29 is 22.7 Å². The Balaban J connectivity index is 1.73. The topological polar surface area (TPSA) is 146 Å². The summed E-state index contributed by atoms with van der Waals surface area (Å²) in [6.45, 7) is 0.0244. The number of sulfone groups is 1. The van der Waals surface area contributed by atoms with Crippen molar-refractivity contribution in [1.82, 2.24) is 19.9 Å². The van der Waals surface area contributed by atoms with Gasteiger partial charge >= 0.3 is 0 Å². The van der Waals surface area contributed by atoms with Crippen LogP contribution in [-0.4, -0.2) is 47.7 Å². The second-order valence-corrected chi connectivity index (χ2v) is 8.93. The van der Waals surface area contributed by atoms with Crippen molar-refractivity contribution in [2.45, 2.75) is 24.0 Å². The zero-order chi connectivity index (χ0) is 21.5. The normalized spacial score (nSPS) is 17.4. The third kappa shape index (κ3) is 3.31. The fourth-order valence-electron chi connectivity index (χ4n) is 3.62. The van der Waals surface area contributed by atoms with Gasteiger partial charge in [0.05, 0.1) is 23.3 Å². The molecule has 0 bridgehead atoms. The SMILES string of the molecule is COCc1nn2c(C(=O)N[C@H]3CCS(=O)(=O)c4ccccc43)ccnc2c1C(N)=O. The number of aromatic nitrogens is 3. The molecule has 10 nitrogen and oxygen atoms in total. The highest BCUT2D eigenvalue weighted by Crippen LogP contribution is 2.32. The van der Waals surface area contributed by atoms with Gasteiger partial charge in [-0.1, -0.05) is 18.2 Å². The number of primary amides is 1. The predicted molar refractivity (Wildman–Crippen MR) is 106 cm³/mol. The maximum absolute atomic E-state index is 13.0. The van der Waals surface area contributed by atoms with Gasteiger partial charge in [0.15, 0.2) is 15.5 Å². The highest BCUT2D eigenvalue weighted by Gasteiger charge is 2.31. The Morgan fingerprint density at radius 3 is 2.80 bits per heavy atom. The molecule has 1 aliphatic heterocycles. The van der Waals surface area contributed by atoms with Crippen molar-refractivity contribution in [3.8, 4) is 0 Å². The van der Waals surface area contributed by atoms with E-state index in [2.05, 4.69) is 15.4 Å². The van der Waals surface area contributed by atoms with Gasteiger partial charge in [-0.25, -0.2) is 17.9 Å². The lowest BCUT2D eigenvalue weighted by Gasteiger charge is -2.26. The number of hydrogen-bond acceptors (Lipinski definition) is 7. The number of methoxy groups -OCH3 is 1. The number of carbonyl (C=O) groups excluding carboxylic acids is 2. The number of benzene rings is 1. The highest BCUT2D eigenvalue weighted by atomic mass is 32.2. The van der Waals surface area contributed by atoms with E-state index in [1.807, 2.05) is 0 Å². The van der Waals surface area contributed by atoms with Crippen LogP contribution in [0.25, 0.3) is 5.65 Å². The lowest BCUT2D eigenvalue weighted by Crippen LogP contribution is -2.34. The molecule has 0 radical (unpaired) electrons. The molecule has 0 unspecified atom stereocenters. The number of nitrogens with one attached hydrogen (secondary N) is 1. The molecule has 11 heteroatoms. The summed E-state index contributed by atoms with van der Waals surface area (Å²) in [4.78, 5) is 29.3. The van der Waals surface area contributed by atoms with E-state index in [0.717, 1.165) is 0 Å². The Hall–Kier alpha value is -3.31. The zero-order valence-electron chi connectivity index (χ0n) is 16.0. The second-order valence-electron chi connectivity index (χ2n) is 6.86. The van der Waals surface area contributed by atoms with E-state index in [9.17, 15) is 18.0 Å². The quantitative estimate of drug-likeness (QED) is 0.604. The van der Waals surface area contributed by atoms with Crippen LogP contribution in [0.1, 0.15) is 44.6 Å². The van der Waals surface area contributed by atoms with E-state index < -0.39 is 27.7 Å². The fraction of sp³-hybridized carbons (Fsp3) is 0.263. The average Bonchev–Trinajstić information content (AvgIpc) is 3.09. The third-order valence-electron chi connectivity index (χ3n) is 4.96. The number of fused-ring (bicyclic) bond motifs is 2. The number of carbonyl (C=O) groups is 2. The van der Waals surface area contributed by atoms with E-state index in [4.69, 9.17) is 10.5 Å². The summed E-state index contributed by atoms with van der Waals surface area (Å²) in [5, 5.41) is 7.15. The average molecular weight is 429 g/mol. The first-order valence-electron chi connectivity index (χ1n) is 9.11. The molecule has 4 rings (SSSR count). The lowest BCUT2D eigenvalue weighted by atomic mass is 10.0. The number of rotatable bonds is 5. The zero-order valence-corrected chi connectivity index (χ0v) is 16.8. The predicted octanol–water partition coefficient (Wildman–Crippen LogP) is 0.623. The first kappa shape index (κ1) is 20.0. The first-order valence-corrected chi connectivity index (χ1v) is 10.8. The summed E-state index contributed by atoms with van der Waals surface area (Å²) in [7, 11) is -1.92. The maximum atomic E-state index is 13.0. The van der Waals surface area contributed by atoms with Crippen LogP contribution in [0.15, 0.2) is 41.4 Å². The number of nitrogens with zero attached hydrogens (tertiary/aromatic N) is 3. The molecule has 3 aromatic rings. The molecular weight excluding hydrogens is 410 g/mol. The molecule has 0 fully saturated rings. The molecule has 2 amide bonds. The number of ether oxygens (including phenoxy) is 1. The van der Waals surface area contributed by atoms with Crippen LogP contribution in [0.5, 0.6) is 0 Å². The van der Waals surface area contributed by atoms with Crippen molar-refractivity contribution in [2.24, 2.45) is 5.73 Å². The monoisotopic (exact) mass is 429 g/mol. The molecule has 156 valence electrons. The van der Waals surface area contributed by atoms with Gasteiger partial charge in [0, 0.05) is 13.3 Å². The molecule has 3 heterocycles. The van der Waals surface area contributed by atoms with Gasteiger partial charge in [0.2, 0.25) is 0 Å². The van der Waals surface area contributed by atoms with E-state index in [-0.39, 0.29) is 46.3 Å². The molecular formula is C19H19N5O5S. The summed E-state index contributed by atoms with van der Waals surface area (Å²) >= 11 is 0. The number of hydrogen-bond donors (Lipinski definition) is 2. The van der Waals surface area contributed by atoms with Gasteiger partial charge < -0.3 is 15.8 Å². The standard InChI is InChI=1S/C19H19N5O5S/c1-29-10-13-16(17(20)25)18-21-8-6-14(24(18)23-13)19(26)22-12-7-9-30(27,28)15-5-3-2-4-11(12)15/h2-6,8,12H,7,9-10H2,1H3,(H2,20,25)(H,22,26)/t12-/m0/s1. The van der Waals surface area contributed by atoms with Crippen LogP contribution in [0.2, 0.25) is 0 Å². The molecule has 3 N–H and O–H groups in total. The van der Waals surface area contributed by atoms with Crippen molar-refractivity contribution >= 4 is 27.3 Å². The minimum absolute atomic E-state index is 0.0244. The van der Waals surface area contributed by atoms with E-state index in [1.54, 1.807) is 18.2 Å². The van der Waals surface area contributed by atoms with Crippen LogP contribution >= 0.6 is 0 Å². The molecule has 0 saturated heterocycles. The Morgan fingerprint density at radius 1 is 1.30 bits per heavy atom. The van der Waals surface area contributed by atoms with Gasteiger partial charge in [-0.15, -0.1) is 0 Å². The molecule has 0 saturated carbocycles. The molecule has 1 aliphatic rings. The Labute approximate surface area is 172 Å². The molecule has 2 aromatic heterocycles. The van der Waals surface area contributed by atoms with Crippen LogP contribution < -0.4 is 11.1 Å². The Morgan fingerprint density at radius 2 is 2.07 bits per heavy atom. The van der Waals surface area contributed by atoms with Gasteiger partial charge in [-0.3, -0.25) is 9.59 Å². The minimum Gasteiger partial charge on any atom is -0.378 e. The van der Waals surface area contributed by atoms with Gasteiger partial charge in [0.25, 0.3) is 11.8 Å². The minimum atomic E-state index is -3.37. The van der Waals surface area contributed by atoms with Gasteiger partial charge in [0.1, 0.15) is 17.0 Å². The summed E-state index contributed by atoms with van der Waals surface area (Å²) in [6, 6.07) is 7.59. The Kier molecular flexibility index (Phi) is 5.00. The molecule has 30 heavy (non-hydrogen) atoms. The molecule has 1 aromatic carbocycles. The molecule has 0 spiro atoms. The smallest absolute Gasteiger partial charge is 0.270 e. The largest absolute Gasteiger partial charge is 0.378 e. The van der Waals surface area contributed by atoms with Crippen molar-refractivity contribution in [3.63, 3.8) is 0 Å². The fourth-order valence-corrected chi connectivity index (χ4v) is 5.24. The highest BCUT2D eigenvalue weighted by molar-refractivity contribution is 7.91. The van der Waals surface area contributed by atoms with E-state index in [1.165, 1.54) is 30.0 Å². The number of nitrogens with two attached hydrogens (primary N) is 1. The van der Waals surface area contributed by atoms with Crippen molar-refractivity contribution in [1.29, 1.82) is 0 Å². The van der Waals surface area contributed by atoms with Crippen LogP contribution in [-0.2, 0) is 21.2 Å². The maximum Gasteiger partial charge on any atom is 0.270 e. The molecule has 0 aliphatic carbocycles. The lowest BCUT2D eigenvalue weighted by molar-refractivity contribution is 0.0925. The summed E-state index contributed by atoms with van der Waals surface area (Å²) in [5.74, 6) is -1.27. The first-order chi connectivity index (χ1) is 14.3. The third-order valence-corrected chi connectivity index (χ3v) is 6.78. The van der Waals surface area contributed by atoms with Crippen molar-refractivity contribution in [2.75, 3.05) is 12.9 Å². The van der Waals surface area contributed by atoms with Gasteiger partial charge in [-0.05, 0) is 24.1 Å². The summed E-state index contributed by atoms with van der Waals surface area (Å²) < 4.78 is 31.0. The number of amides is 2. The summed E-state index contributed by atoms with van der Waals surface area (Å²) in [5.41, 5.74) is 6.64. The molecule has 1 atom stereocenters. The van der Waals surface area contributed by atoms with E-state index >= 15 is 0 Å². The van der Waals surface area contributed by atoms with Gasteiger partial charge in [-0.2, -0.15) is 5.10 Å². The Bertz CT molecular complexity index is 1270. The van der Waals surface area contributed by atoms with Crippen molar-refractivity contribution in [3.05, 3.63) is 59.0 Å². The van der Waals surface area contributed by atoms with Crippen LogP contribution in [0.3, 0.4) is 0 Å². The van der Waals surface area contributed by atoms with Crippen LogP contribution in [0.4, 0.5) is 0 Å².